The molecule has 0 fully saturated rings. The maximum atomic E-state index is 11.9. The van der Waals surface area contributed by atoms with Crippen LogP contribution in [-0.4, -0.2) is 19.3 Å². The second-order valence-electron chi connectivity index (χ2n) is 3.66. The normalized spacial score (nSPS) is 11.3. The summed E-state index contributed by atoms with van der Waals surface area (Å²) in [5.41, 5.74) is 0.665. The highest BCUT2D eigenvalue weighted by Crippen LogP contribution is 2.20. The van der Waals surface area contributed by atoms with E-state index in [2.05, 4.69) is 5.32 Å². The second kappa shape index (κ2) is 6.37. The van der Waals surface area contributed by atoms with Crippen LogP contribution in [-0.2, 0) is 0 Å². The summed E-state index contributed by atoms with van der Waals surface area (Å²) in [5.74, 6) is 0.730. The predicted molar refractivity (Wildman–Crippen MR) is 61.4 cm³/mol. The molecule has 0 spiro atoms. The number of nitrogens with one attached hydrogen (secondary N) is 1. The fourth-order valence-electron chi connectivity index (χ4n) is 1.24. The van der Waals surface area contributed by atoms with Crippen LogP contribution in [0.4, 0.5) is 18.9 Å². The molecule has 96 valence electrons. The molecule has 0 aliphatic carbocycles. The number of anilines is 1. The van der Waals surface area contributed by atoms with Gasteiger partial charge in [0.1, 0.15) is 5.75 Å². The molecule has 0 saturated carbocycles. The molecule has 0 unspecified atom stereocenters. The van der Waals surface area contributed by atoms with Gasteiger partial charge in [-0.05, 0) is 30.7 Å². The van der Waals surface area contributed by atoms with E-state index in [1.165, 1.54) is 0 Å². The Hall–Kier alpha value is -1.39. The lowest BCUT2D eigenvalue weighted by Crippen LogP contribution is -2.14. The van der Waals surface area contributed by atoms with Gasteiger partial charge in [0, 0.05) is 12.2 Å². The molecule has 0 aliphatic heterocycles. The highest BCUT2D eigenvalue weighted by atomic mass is 19.4. The Morgan fingerprint density at radius 1 is 1.18 bits per heavy atom. The highest BCUT2D eigenvalue weighted by Gasteiger charge is 2.25. The van der Waals surface area contributed by atoms with E-state index >= 15 is 0 Å². The average Bonchev–Trinajstić information content (AvgIpc) is 2.26. The molecule has 0 heterocycles. The molecule has 2 nitrogen and oxygen atoms in total. The molecular weight excluding hydrogens is 231 g/mol. The fraction of sp³-hybridized carbons (Fsp3) is 0.500. The number of hydrogen-bond donors (Lipinski definition) is 1. The minimum atomic E-state index is -4.11. The Morgan fingerprint density at radius 3 is 2.35 bits per heavy atom. The minimum Gasteiger partial charge on any atom is -0.494 e. The SMILES string of the molecule is CCCOc1ccc(NCCC(F)(F)F)cc1. The van der Waals surface area contributed by atoms with Gasteiger partial charge in [-0.15, -0.1) is 0 Å². The minimum absolute atomic E-state index is 0.112. The van der Waals surface area contributed by atoms with E-state index in [9.17, 15) is 13.2 Å². The Bertz CT molecular complexity index is 322. The summed E-state index contributed by atoms with van der Waals surface area (Å²) in [6.07, 6.45) is -4.02. The third-order valence-electron chi connectivity index (χ3n) is 2.06. The van der Waals surface area contributed by atoms with Crippen molar-refractivity contribution in [2.45, 2.75) is 25.9 Å². The van der Waals surface area contributed by atoms with E-state index < -0.39 is 12.6 Å². The zero-order chi connectivity index (χ0) is 12.7. The molecule has 0 amide bonds. The van der Waals surface area contributed by atoms with Gasteiger partial charge in [0.05, 0.1) is 13.0 Å². The molecule has 0 aliphatic rings. The first-order chi connectivity index (χ1) is 8.01. The van der Waals surface area contributed by atoms with E-state index in [1.807, 2.05) is 6.92 Å². The standard InChI is InChI=1S/C12H16F3NO/c1-2-9-17-11-5-3-10(4-6-11)16-8-7-12(13,14)15/h3-6,16H,2,7-9H2,1H3. The molecular formula is C12H16F3NO. The number of benzene rings is 1. The first-order valence-electron chi connectivity index (χ1n) is 5.55. The third kappa shape index (κ3) is 6.04. The summed E-state index contributed by atoms with van der Waals surface area (Å²) in [7, 11) is 0. The van der Waals surface area contributed by atoms with Crippen molar-refractivity contribution in [1.82, 2.24) is 0 Å². The lowest BCUT2D eigenvalue weighted by molar-refractivity contribution is -0.131. The van der Waals surface area contributed by atoms with E-state index in [1.54, 1.807) is 24.3 Å². The summed E-state index contributed by atoms with van der Waals surface area (Å²) in [5, 5.41) is 2.71. The van der Waals surface area contributed by atoms with Crippen molar-refractivity contribution in [3.05, 3.63) is 24.3 Å². The summed E-state index contributed by atoms with van der Waals surface area (Å²) in [6.45, 7) is 2.53. The largest absolute Gasteiger partial charge is 0.494 e. The predicted octanol–water partition coefficient (Wildman–Crippen LogP) is 3.84. The summed E-state index contributed by atoms with van der Waals surface area (Å²) >= 11 is 0. The average molecular weight is 247 g/mol. The van der Waals surface area contributed by atoms with Gasteiger partial charge >= 0.3 is 6.18 Å². The number of hydrogen-bond acceptors (Lipinski definition) is 2. The Labute approximate surface area is 98.8 Å². The first-order valence-corrected chi connectivity index (χ1v) is 5.55. The van der Waals surface area contributed by atoms with Gasteiger partial charge in [-0.25, -0.2) is 0 Å². The molecule has 0 atom stereocenters. The van der Waals surface area contributed by atoms with Gasteiger partial charge < -0.3 is 10.1 Å². The van der Waals surface area contributed by atoms with E-state index in [0.29, 0.717) is 12.3 Å². The van der Waals surface area contributed by atoms with Crippen molar-refractivity contribution in [2.75, 3.05) is 18.5 Å². The van der Waals surface area contributed by atoms with Crippen molar-refractivity contribution in [3.63, 3.8) is 0 Å². The molecule has 1 aromatic rings. The third-order valence-corrected chi connectivity index (χ3v) is 2.06. The molecule has 0 radical (unpaired) electrons. The fourth-order valence-corrected chi connectivity index (χ4v) is 1.24. The summed E-state index contributed by atoms with van der Waals surface area (Å²) in [4.78, 5) is 0. The second-order valence-corrected chi connectivity index (χ2v) is 3.66. The highest BCUT2D eigenvalue weighted by molar-refractivity contribution is 5.46. The lowest BCUT2D eigenvalue weighted by atomic mass is 10.3. The van der Waals surface area contributed by atoms with Crippen molar-refractivity contribution in [2.24, 2.45) is 0 Å². The van der Waals surface area contributed by atoms with Crippen LogP contribution < -0.4 is 10.1 Å². The molecule has 1 N–H and O–H groups in total. The van der Waals surface area contributed by atoms with E-state index in [4.69, 9.17) is 4.74 Å². The van der Waals surface area contributed by atoms with Crippen molar-refractivity contribution in [3.8, 4) is 5.75 Å². The van der Waals surface area contributed by atoms with E-state index in [0.717, 1.165) is 12.2 Å². The molecule has 0 saturated heterocycles. The maximum absolute atomic E-state index is 11.9. The maximum Gasteiger partial charge on any atom is 0.390 e. The number of ether oxygens (including phenoxy) is 1. The topological polar surface area (TPSA) is 21.3 Å². The van der Waals surface area contributed by atoms with Gasteiger partial charge in [0.2, 0.25) is 0 Å². The van der Waals surface area contributed by atoms with Crippen molar-refractivity contribution < 1.29 is 17.9 Å². The molecule has 1 aromatic carbocycles. The summed E-state index contributed by atoms with van der Waals surface area (Å²) < 4.78 is 41.1. The lowest BCUT2D eigenvalue weighted by Gasteiger charge is -2.09. The van der Waals surface area contributed by atoms with Gasteiger partial charge in [-0.1, -0.05) is 6.92 Å². The van der Waals surface area contributed by atoms with E-state index in [-0.39, 0.29) is 6.54 Å². The monoisotopic (exact) mass is 247 g/mol. The zero-order valence-electron chi connectivity index (χ0n) is 9.68. The molecule has 0 bridgehead atoms. The van der Waals surface area contributed by atoms with Crippen molar-refractivity contribution >= 4 is 5.69 Å². The molecule has 5 heteroatoms. The van der Waals surface area contributed by atoms with Gasteiger partial charge in [-0.3, -0.25) is 0 Å². The Morgan fingerprint density at radius 2 is 1.82 bits per heavy atom. The Kier molecular flexibility index (Phi) is 5.12. The molecule has 17 heavy (non-hydrogen) atoms. The zero-order valence-corrected chi connectivity index (χ0v) is 9.68. The first kappa shape index (κ1) is 13.7. The number of alkyl halides is 3. The number of halogens is 3. The van der Waals surface area contributed by atoms with Crippen LogP contribution >= 0.6 is 0 Å². The summed E-state index contributed by atoms with van der Waals surface area (Å²) in [6, 6.07) is 6.90. The Balaban J connectivity index is 2.35. The number of rotatable bonds is 6. The van der Waals surface area contributed by atoms with Crippen LogP contribution in [0.5, 0.6) is 5.75 Å². The van der Waals surface area contributed by atoms with Crippen LogP contribution in [0.2, 0.25) is 0 Å². The van der Waals surface area contributed by atoms with Crippen LogP contribution in [0.1, 0.15) is 19.8 Å². The van der Waals surface area contributed by atoms with Crippen LogP contribution in [0, 0.1) is 0 Å². The molecule has 1 rings (SSSR count). The van der Waals surface area contributed by atoms with Crippen LogP contribution in [0.25, 0.3) is 0 Å². The van der Waals surface area contributed by atoms with Gasteiger partial charge in [-0.2, -0.15) is 13.2 Å². The van der Waals surface area contributed by atoms with Crippen LogP contribution in [0.3, 0.4) is 0 Å². The molecule has 0 aromatic heterocycles. The van der Waals surface area contributed by atoms with Crippen LogP contribution in [0.15, 0.2) is 24.3 Å². The smallest absolute Gasteiger partial charge is 0.390 e. The van der Waals surface area contributed by atoms with Gasteiger partial charge in [0.25, 0.3) is 0 Å². The quantitative estimate of drug-likeness (QED) is 0.824. The van der Waals surface area contributed by atoms with Crippen molar-refractivity contribution in [1.29, 1.82) is 0 Å². The van der Waals surface area contributed by atoms with Gasteiger partial charge in [0.15, 0.2) is 0 Å².